The number of carbonyl (C=O) groups is 1. The summed E-state index contributed by atoms with van der Waals surface area (Å²) in [6.45, 7) is 7.65. The monoisotopic (exact) mass is 407 g/mol. The predicted octanol–water partition coefficient (Wildman–Crippen LogP) is 4.91. The third-order valence-corrected chi connectivity index (χ3v) is 5.94. The van der Waals surface area contributed by atoms with E-state index in [2.05, 4.69) is 53.3 Å². The van der Waals surface area contributed by atoms with Crippen molar-refractivity contribution in [1.82, 2.24) is 4.98 Å². The number of thiazole rings is 1. The fourth-order valence-electron chi connectivity index (χ4n) is 3.30. The van der Waals surface area contributed by atoms with Crippen molar-refractivity contribution in [3.05, 3.63) is 59.7 Å². The normalized spacial score (nSPS) is 14.8. The minimum Gasteiger partial charge on any atom is -0.378 e. The molecule has 3 aromatic rings. The Morgan fingerprint density at radius 2 is 1.93 bits per heavy atom. The van der Waals surface area contributed by atoms with Gasteiger partial charge in [-0.05, 0) is 41.3 Å². The number of ether oxygens (including phenoxy) is 1. The largest absolute Gasteiger partial charge is 0.378 e. The molecule has 0 unspecified atom stereocenters. The molecule has 29 heavy (non-hydrogen) atoms. The van der Waals surface area contributed by atoms with Crippen molar-refractivity contribution in [2.45, 2.75) is 19.8 Å². The number of fused-ring (bicyclic) bond motifs is 1. The van der Waals surface area contributed by atoms with Crippen LogP contribution in [0.2, 0.25) is 0 Å². The van der Waals surface area contributed by atoms with E-state index in [1.165, 1.54) is 22.6 Å². The number of benzene rings is 2. The maximum Gasteiger partial charge on any atom is 0.250 e. The second kappa shape index (κ2) is 8.76. The van der Waals surface area contributed by atoms with Crippen molar-refractivity contribution in [3.63, 3.8) is 0 Å². The molecule has 1 N–H and O–H groups in total. The first-order chi connectivity index (χ1) is 14.1. The summed E-state index contributed by atoms with van der Waals surface area (Å²) in [7, 11) is 0. The van der Waals surface area contributed by atoms with Gasteiger partial charge in [-0.3, -0.25) is 10.1 Å². The molecule has 1 fully saturated rings. The first-order valence-corrected chi connectivity index (χ1v) is 10.7. The third-order valence-electron chi connectivity index (χ3n) is 5.01. The van der Waals surface area contributed by atoms with Crippen LogP contribution in [0.15, 0.2) is 48.5 Å². The highest BCUT2D eigenvalue weighted by molar-refractivity contribution is 7.22. The predicted molar refractivity (Wildman–Crippen MR) is 121 cm³/mol. The van der Waals surface area contributed by atoms with E-state index in [4.69, 9.17) is 4.74 Å². The van der Waals surface area contributed by atoms with Crippen LogP contribution in [0.25, 0.3) is 16.3 Å². The van der Waals surface area contributed by atoms with Gasteiger partial charge in [-0.25, -0.2) is 4.98 Å². The summed E-state index contributed by atoms with van der Waals surface area (Å²) in [5.41, 5.74) is 4.36. The van der Waals surface area contributed by atoms with Gasteiger partial charge in [0.2, 0.25) is 5.91 Å². The fraction of sp³-hybridized carbons (Fsp3) is 0.304. The number of carbonyl (C=O) groups excluding carboxylic acids is 1. The number of nitrogens with zero attached hydrogens (tertiary/aromatic N) is 2. The average molecular weight is 408 g/mol. The molecule has 0 aliphatic carbocycles. The minimum absolute atomic E-state index is 0.176. The first-order valence-electron chi connectivity index (χ1n) is 9.91. The average Bonchev–Trinajstić information content (AvgIpc) is 3.14. The third kappa shape index (κ3) is 4.83. The summed E-state index contributed by atoms with van der Waals surface area (Å²) in [4.78, 5) is 19.1. The molecule has 1 aromatic heterocycles. The van der Waals surface area contributed by atoms with Gasteiger partial charge in [0, 0.05) is 24.9 Å². The van der Waals surface area contributed by atoms with Gasteiger partial charge in [0.25, 0.3) is 0 Å². The molecule has 0 spiro atoms. The number of nitrogens with one attached hydrogen (secondary N) is 1. The zero-order chi connectivity index (χ0) is 20.2. The van der Waals surface area contributed by atoms with Crippen molar-refractivity contribution in [2.24, 2.45) is 0 Å². The fourth-order valence-corrected chi connectivity index (χ4v) is 4.20. The molecule has 6 heteroatoms. The number of rotatable bonds is 5. The van der Waals surface area contributed by atoms with Crippen LogP contribution in [-0.4, -0.2) is 37.2 Å². The van der Waals surface area contributed by atoms with Crippen molar-refractivity contribution < 1.29 is 9.53 Å². The molecule has 150 valence electrons. The zero-order valence-electron chi connectivity index (χ0n) is 16.7. The van der Waals surface area contributed by atoms with E-state index >= 15 is 0 Å². The molecular weight excluding hydrogens is 382 g/mol. The summed E-state index contributed by atoms with van der Waals surface area (Å²) in [5.74, 6) is 0.324. The van der Waals surface area contributed by atoms with Gasteiger partial charge in [0.15, 0.2) is 5.13 Å². The van der Waals surface area contributed by atoms with E-state index in [0.717, 1.165) is 42.1 Å². The number of aromatic nitrogens is 1. The Balaban J connectivity index is 1.42. The lowest BCUT2D eigenvalue weighted by molar-refractivity contribution is -0.111. The molecule has 1 saturated heterocycles. The number of hydrogen-bond donors (Lipinski definition) is 1. The Morgan fingerprint density at radius 3 is 2.66 bits per heavy atom. The second-order valence-electron chi connectivity index (χ2n) is 7.41. The summed E-state index contributed by atoms with van der Waals surface area (Å²) in [6.07, 6.45) is 3.37. The molecule has 0 saturated carbocycles. The zero-order valence-corrected chi connectivity index (χ0v) is 17.5. The maximum atomic E-state index is 12.3. The molecule has 1 aliphatic rings. The van der Waals surface area contributed by atoms with E-state index in [0.29, 0.717) is 11.0 Å². The molecule has 5 nitrogen and oxygen atoms in total. The Labute approximate surface area is 175 Å². The number of anilines is 2. The molecule has 2 heterocycles. The molecule has 2 aromatic carbocycles. The van der Waals surface area contributed by atoms with E-state index in [9.17, 15) is 4.79 Å². The van der Waals surface area contributed by atoms with Crippen LogP contribution in [0.3, 0.4) is 0 Å². The highest BCUT2D eigenvalue weighted by atomic mass is 32.1. The first kappa shape index (κ1) is 19.6. The van der Waals surface area contributed by atoms with Crippen LogP contribution >= 0.6 is 11.3 Å². The Hall–Kier alpha value is -2.70. The summed E-state index contributed by atoms with van der Waals surface area (Å²) in [6, 6.07) is 14.5. The number of hydrogen-bond acceptors (Lipinski definition) is 5. The Kier molecular flexibility index (Phi) is 5.92. The molecule has 1 amide bonds. The smallest absolute Gasteiger partial charge is 0.250 e. The van der Waals surface area contributed by atoms with E-state index in [1.807, 2.05) is 24.3 Å². The molecular formula is C23H25N3O2S. The molecule has 0 radical (unpaired) electrons. The highest BCUT2D eigenvalue weighted by Crippen LogP contribution is 2.30. The van der Waals surface area contributed by atoms with Gasteiger partial charge in [0.1, 0.15) is 0 Å². The Morgan fingerprint density at radius 1 is 1.17 bits per heavy atom. The van der Waals surface area contributed by atoms with Gasteiger partial charge in [-0.1, -0.05) is 49.4 Å². The van der Waals surface area contributed by atoms with Crippen LogP contribution in [-0.2, 0) is 9.53 Å². The second-order valence-corrected chi connectivity index (χ2v) is 8.45. The van der Waals surface area contributed by atoms with Gasteiger partial charge in [-0.2, -0.15) is 0 Å². The van der Waals surface area contributed by atoms with E-state index in [1.54, 1.807) is 6.08 Å². The van der Waals surface area contributed by atoms with Gasteiger partial charge < -0.3 is 9.64 Å². The summed E-state index contributed by atoms with van der Waals surface area (Å²) in [5, 5.41) is 3.49. The van der Waals surface area contributed by atoms with Gasteiger partial charge in [-0.15, -0.1) is 0 Å². The lowest BCUT2D eigenvalue weighted by Gasteiger charge is -2.28. The maximum absolute atomic E-state index is 12.3. The summed E-state index contributed by atoms with van der Waals surface area (Å²) >= 11 is 1.50. The Bertz CT molecular complexity index is 1020. The van der Waals surface area contributed by atoms with Crippen LogP contribution < -0.4 is 10.2 Å². The van der Waals surface area contributed by atoms with E-state index < -0.39 is 0 Å². The van der Waals surface area contributed by atoms with Crippen LogP contribution in [0, 0.1) is 0 Å². The van der Waals surface area contributed by atoms with Crippen molar-refractivity contribution in [2.75, 3.05) is 36.5 Å². The van der Waals surface area contributed by atoms with Crippen LogP contribution in [0.1, 0.15) is 30.9 Å². The topological polar surface area (TPSA) is 54.5 Å². The molecule has 1 aliphatic heterocycles. The van der Waals surface area contributed by atoms with Crippen LogP contribution in [0.5, 0.6) is 0 Å². The van der Waals surface area contributed by atoms with Crippen LogP contribution in [0.4, 0.5) is 10.8 Å². The number of amides is 1. The highest BCUT2D eigenvalue weighted by Gasteiger charge is 2.13. The molecule has 0 bridgehead atoms. The molecule has 0 atom stereocenters. The lowest BCUT2D eigenvalue weighted by atomic mass is 10.0. The summed E-state index contributed by atoms with van der Waals surface area (Å²) < 4.78 is 6.49. The quantitative estimate of drug-likeness (QED) is 0.611. The SMILES string of the molecule is CC(C)c1ccc(/C=C/C(=O)Nc2nc3ccc(N4CCOCC4)cc3s2)cc1. The number of morpholine rings is 1. The molecule has 4 rings (SSSR count). The van der Waals surface area contributed by atoms with Gasteiger partial charge >= 0.3 is 0 Å². The minimum atomic E-state index is -0.176. The van der Waals surface area contributed by atoms with Crippen molar-refractivity contribution >= 4 is 44.4 Å². The van der Waals surface area contributed by atoms with Crippen molar-refractivity contribution in [1.29, 1.82) is 0 Å². The van der Waals surface area contributed by atoms with E-state index in [-0.39, 0.29) is 5.91 Å². The lowest BCUT2D eigenvalue weighted by Crippen LogP contribution is -2.36. The van der Waals surface area contributed by atoms with Crippen molar-refractivity contribution in [3.8, 4) is 0 Å². The standard InChI is InChI=1S/C23H25N3O2S/c1-16(2)18-6-3-17(4-7-18)5-10-22(27)25-23-24-20-9-8-19(15-21(20)29-23)26-11-13-28-14-12-26/h3-10,15-16H,11-14H2,1-2H3,(H,24,25,27)/b10-5+. The van der Waals surface area contributed by atoms with Gasteiger partial charge in [0.05, 0.1) is 23.4 Å².